The van der Waals surface area contributed by atoms with E-state index >= 15 is 0 Å². The Labute approximate surface area is 180 Å². The Morgan fingerprint density at radius 2 is 1.65 bits per heavy atom. The second kappa shape index (κ2) is 9.17. The van der Waals surface area contributed by atoms with Gasteiger partial charge in [0.25, 0.3) is 5.91 Å². The van der Waals surface area contributed by atoms with Crippen LogP contribution in [-0.4, -0.2) is 29.9 Å². The van der Waals surface area contributed by atoms with Gasteiger partial charge in [-0.05, 0) is 48.0 Å². The number of amides is 2. The molecule has 6 heteroatoms. The van der Waals surface area contributed by atoms with Crippen LogP contribution < -0.4 is 15.4 Å². The first-order valence-electron chi connectivity index (χ1n) is 10.00. The van der Waals surface area contributed by atoms with Crippen molar-refractivity contribution in [3.8, 4) is 5.75 Å². The molecule has 0 bridgehead atoms. The third-order valence-electron chi connectivity index (χ3n) is 5.11. The predicted octanol–water partition coefficient (Wildman–Crippen LogP) is 4.16. The van der Waals surface area contributed by atoms with Crippen molar-refractivity contribution < 1.29 is 14.3 Å². The largest absolute Gasteiger partial charge is 0.497 e. The Hall–Kier alpha value is -4.06. The number of aromatic nitrogens is 1. The lowest BCUT2D eigenvalue weighted by Gasteiger charge is -2.19. The van der Waals surface area contributed by atoms with Crippen molar-refractivity contribution in [3.63, 3.8) is 0 Å². The number of anilines is 1. The molecule has 4 aromatic rings. The molecule has 2 amide bonds. The summed E-state index contributed by atoms with van der Waals surface area (Å²) in [5, 5.41) is 6.81. The fourth-order valence-electron chi connectivity index (χ4n) is 3.46. The molecule has 1 heterocycles. The van der Waals surface area contributed by atoms with E-state index in [9.17, 15) is 9.59 Å². The van der Waals surface area contributed by atoms with Crippen LogP contribution in [0.25, 0.3) is 10.9 Å². The van der Waals surface area contributed by atoms with E-state index in [0.29, 0.717) is 23.4 Å². The molecule has 0 fully saturated rings. The number of methoxy groups -OCH3 is 1. The van der Waals surface area contributed by atoms with Crippen LogP contribution in [0.15, 0.2) is 85.1 Å². The highest BCUT2D eigenvalue weighted by Gasteiger charge is 2.23. The first-order valence-corrected chi connectivity index (χ1v) is 10.00. The van der Waals surface area contributed by atoms with Crippen LogP contribution in [-0.2, 0) is 11.2 Å². The third kappa shape index (κ3) is 4.75. The molecule has 6 nitrogen and oxygen atoms in total. The summed E-state index contributed by atoms with van der Waals surface area (Å²) in [4.78, 5) is 29.1. The van der Waals surface area contributed by atoms with Crippen LogP contribution in [0.3, 0.4) is 0 Å². The van der Waals surface area contributed by atoms with Crippen LogP contribution in [0.4, 0.5) is 5.69 Å². The minimum absolute atomic E-state index is 0.292. The van der Waals surface area contributed by atoms with Gasteiger partial charge in [-0.2, -0.15) is 0 Å². The van der Waals surface area contributed by atoms with Gasteiger partial charge in [-0.3, -0.25) is 9.59 Å². The van der Waals surface area contributed by atoms with Crippen molar-refractivity contribution in [1.29, 1.82) is 0 Å². The SMILES string of the molecule is COc1ccc(NC(=O)C(Cc2c[nH]c3ccccc23)NC(=O)c2ccccc2)cc1. The molecule has 1 unspecified atom stereocenters. The molecule has 31 heavy (non-hydrogen) atoms. The standard InChI is InChI=1S/C25H23N3O3/c1-31-20-13-11-19(12-14-20)27-25(30)23(28-24(29)17-7-3-2-4-8-17)15-18-16-26-22-10-6-5-9-21(18)22/h2-14,16,23,26H,15H2,1H3,(H,27,30)(H,28,29). The summed E-state index contributed by atoms with van der Waals surface area (Å²) in [6.07, 6.45) is 2.23. The van der Waals surface area contributed by atoms with Crippen LogP contribution in [0, 0.1) is 0 Å². The maximum atomic E-state index is 13.1. The Bertz CT molecular complexity index is 1180. The van der Waals surface area contributed by atoms with Crippen LogP contribution >= 0.6 is 0 Å². The van der Waals surface area contributed by atoms with Crippen molar-refractivity contribution in [3.05, 3.63) is 96.2 Å². The first kappa shape index (κ1) is 20.2. The van der Waals surface area contributed by atoms with Crippen molar-refractivity contribution in [2.75, 3.05) is 12.4 Å². The lowest BCUT2D eigenvalue weighted by atomic mass is 10.0. The van der Waals surface area contributed by atoms with Gasteiger partial charge < -0.3 is 20.4 Å². The summed E-state index contributed by atoms with van der Waals surface area (Å²) in [6.45, 7) is 0. The molecule has 0 saturated heterocycles. The predicted molar refractivity (Wildman–Crippen MR) is 121 cm³/mol. The maximum absolute atomic E-state index is 13.1. The van der Waals surface area contributed by atoms with Crippen molar-refractivity contribution >= 4 is 28.4 Å². The number of ether oxygens (including phenoxy) is 1. The Balaban J connectivity index is 1.57. The van der Waals surface area contributed by atoms with Crippen molar-refractivity contribution in [2.45, 2.75) is 12.5 Å². The molecule has 0 spiro atoms. The second-order valence-electron chi connectivity index (χ2n) is 7.17. The number of benzene rings is 3. The average molecular weight is 413 g/mol. The summed E-state index contributed by atoms with van der Waals surface area (Å²) >= 11 is 0. The Morgan fingerprint density at radius 3 is 2.39 bits per heavy atom. The van der Waals surface area contributed by atoms with Gasteiger partial charge in [0.05, 0.1) is 7.11 Å². The zero-order valence-electron chi connectivity index (χ0n) is 17.1. The highest BCUT2D eigenvalue weighted by atomic mass is 16.5. The molecule has 0 aliphatic heterocycles. The lowest BCUT2D eigenvalue weighted by molar-refractivity contribution is -0.118. The quantitative estimate of drug-likeness (QED) is 0.425. The normalized spacial score (nSPS) is 11.6. The average Bonchev–Trinajstić information content (AvgIpc) is 3.22. The molecule has 156 valence electrons. The molecule has 4 rings (SSSR count). The number of hydrogen-bond donors (Lipinski definition) is 3. The molecule has 0 radical (unpaired) electrons. The minimum atomic E-state index is -0.756. The second-order valence-corrected chi connectivity index (χ2v) is 7.17. The minimum Gasteiger partial charge on any atom is -0.497 e. The Kier molecular flexibility index (Phi) is 5.98. The van der Waals surface area contributed by atoms with Gasteiger partial charge in [0.2, 0.25) is 5.91 Å². The number of H-pyrrole nitrogens is 1. The molecule has 1 aromatic heterocycles. The van der Waals surface area contributed by atoms with Crippen molar-refractivity contribution in [1.82, 2.24) is 10.3 Å². The monoisotopic (exact) mass is 413 g/mol. The smallest absolute Gasteiger partial charge is 0.251 e. The van der Waals surface area contributed by atoms with Crippen LogP contribution in [0.5, 0.6) is 5.75 Å². The summed E-state index contributed by atoms with van der Waals surface area (Å²) in [5.41, 5.74) is 3.08. The third-order valence-corrected chi connectivity index (χ3v) is 5.11. The number of carbonyl (C=O) groups is 2. The molecule has 0 aliphatic rings. The lowest BCUT2D eigenvalue weighted by Crippen LogP contribution is -2.45. The highest BCUT2D eigenvalue weighted by molar-refractivity contribution is 6.01. The summed E-state index contributed by atoms with van der Waals surface area (Å²) in [5.74, 6) is 0.112. The van der Waals surface area contributed by atoms with Gasteiger partial charge >= 0.3 is 0 Å². The summed E-state index contributed by atoms with van der Waals surface area (Å²) < 4.78 is 5.16. The van der Waals surface area contributed by atoms with E-state index in [1.165, 1.54) is 0 Å². The van der Waals surface area contributed by atoms with Gasteiger partial charge in [-0.15, -0.1) is 0 Å². The number of para-hydroxylation sites is 1. The maximum Gasteiger partial charge on any atom is 0.251 e. The molecular weight excluding hydrogens is 390 g/mol. The molecule has 0 aliphatic carbocycles. The number of carbonyl (C=O) groups excluding carboxylic acids is 2. The number of rotatable bonds is 7. The molecular formula is C25H23N3O3. The summed E-state index contributed by atoms with van der Waals surface area (Å²) in [7, 11) is 1.59. The zero-order chi connectivity index (χ0) is 21.6. The van der Waals surface area contributed by atoms with E-state index in [4.69, 9.17) is 4.74 Å². The molecule has 1 atom stereocenters. The van der Waals surface area contributed by atoms with Crippen LogP contribution in [0.2, 0.25) is 0 Å². The van der Waals surface area contributed by atoms with Crippen molar-refractivity contribution in [2.24, 2.45) is 0 Å². The van der Waals surface area contributed by atoms with Gasteiger partial charge in [0.15, 0.2) is 0 Å². The number of hydrogen-bond acceptors (Lipinski definition) is 3. The van der Waals surface area contributed by atoms with Gasteiger partial charge in [-0.25, -0.2) is 0 Å². The van der Waals surface area contributed by atoms with E-state index in [0.717, 1.165) is 16.5 Å². The molecule has 3 aromatic carbocycles. The van der Waals surface area contributed by atoms with Gasteiger partial charge in [0.1, 0.15) is 11.8 Å². The van der Waals surface area contributed by atoms with E-state index < -0.39 is 6.04 Å². The van der Waals surface area contributed by atoms with Crippen LogP contribution in [0.1, 0.15) is 15.9 Å². The van der Waals surface area contributed by atoms with E-state index in [2.05, 4.69) is 15.6 Å². The van der Waals surface area contributed by atoms with E-state index in [1.807, 2.05) is 36.5 Å². The number of aromatic amines is 1. The van der Waals surface area contributed by atoms with Gasteiger partial charge in [-0.1, -0.05) is 36.4 Å². The van der Waals surface area contributed by atoms with E-state index in [-0.39, 0.29) is 11.8 Å². The Morgan fingerprint density at radius 1 is 0.935 bits per heavy atom. The fraction of sp³-hybridized carbons (Fsp3) is 0.120. The molecule has 3 N–H and O–H groups in total. The fourth-order valence-corrected chi connectivity index (χ4v) is 3.46. The van der Waals surface area contributed by atoms with Gasteiger partial charge in [0, 0.05) is 34.8 Å². The highest BCUT2D eigenvalue weighted by Crippen LogP contribution is 2.20. The molecule has 0 saturated carbocycles. The number of fused-ring (bicyclic) bond motifs is 1. The topological polar surface area (TPSA) is 83.2 Å². The summed E-state index contributed by atoms with van der Waals surface area (Å²) in [6, 6.07) is 23.1. The number of nitrogens with one attached hydrogen (secondary N) is 3. The first-order chi connectivity index (χ1) is 15.1. The van der Waals surface area contributed by atoms with E-state index in [1.54, 1.807) is 55.6 Å². The zero-order valence-corrected chi connectivity index (χ0v) is 17.1.